The van der Waals surface area contributed by atoms with E-state index in [0.29, 0.717) is 0 Å². The maximum absolute atomic E-state index is 3.68. The third-order valence-corrected chi connectivity index (χ3v) is 5.34. The molecule has 0 aliphatic heterocycles. The maximum atomic E-state index is 3.68. The summed E-state index contributed by atoms with van der Waals surface area (Å²) in [5.74, 6) is 0. The van der Waals surface area contributed by atoms with Crippen LogP contribution in [0, 0.1) is 0 Å². The van der Waals surface area contributed by atoms with Gasteiger partial charge in [-0.2, -0.15) is 0 Å². The minimum atomic E-state index is 0.143. The Morgan fingerprint density at radius 3 is 1.96 bits per heavy atom. The molecule has 0 radical (unpaired) electrons. The van der Waals surface area contributed by atoms with Gasteiger partial charge in [-0.1, -0.05) is 93.9 Å². The summed E-state index contributed by atoms with van der Waals surface area (Å²) in [6.07, 6.45) is 3.29. The lowest BCUT2D eigenvalue weighted by Gasteiger charge is -2.26. The minimum absolute atomic E-state index is 0.143. The van der Waals surface area contributed by atoms with Crippen molar-refractivity contribution in [1.29, 1.82) is 0 Å². The highest BCUT2D eigenvalue weighted by atomic mass is 79.9. The van der Waals surface area contributed by atoms with Gasteiger partial charge in [0.05, 0.1) is 0 Å². The molecular weight excluding hydrogens is 356 g/mol. The summed E-state index contributed by atoms with van der Waals surface area (Å²) < 4.78 is 1.27. The van der Waals surface area contributed by atoms with Gasteiger partial charge in [0.2, 0.25) is 0 Å². The zero-order chi connectivity index (χ0) is 17.7. The van der Waals surface area contributed by atoms with Crippen molar-refractivity contribution in [3.05, 3.63) is 63.1 Å². The van der Waals surface area contributed by atoms with Gasteiger partial charge in [-0.05, 0) is 50.3 Å². The third kappa shape index (κ3) is 3.37. The number of halogens is 1. The average Bonchev–Trinajstić information content (AvgIpc) is 2.84. The molecule has 0 unspecified atom stereocenters. The molecule has 0 heterocycles. The molecule has 0 aromatic heterocycles. The first-order valence-electron chi connectivity index (χ1n) is 8.70. The average molecular weight is 383 g/mol. The van der Waals surface area contributed by atoms with Gasteiger partial charge in [0.15, 0.2) is 0 Å². The largest absolute Gasteiger partial charge is 0.0613 e. The molecule has 2 aromatic rings. The lowest BCUT2D eigenvalue weighted by molar-refractivity contribution is 0.569. The molecule has 0 spiro atoms. The second-order valence-corrected chi connectivity index (χ2v) is 9.96. The number of hydrogen-bond acceptors (Lipinski definition) is 0. The van der Waals surface area contributed by atoms with Crippen LogP contribution in [0.3, 0.4) is 0 Å². The first-order valence-corrected chi connectivity index (χ1v) is 9.49. The Balaban J connectivity index is 2.25. The van der Waals surface area contributed by atoms with Crippen molar-refractivity contribution in [2.24, 2.45) is 0 Å². The van der Waals surface area contributed by atoms with Crippen LogP contribution < -0.4 is 0 Å². The first kappa shape index (κ1) is 17.5. The summed E-state index contributed by atoms with van der Waals surface area (Å²) in [4.78, 5) is 0. The summed E-state index contributed by atoms with van der Waals surface area (Å²) in [5, 5.41) is 0. The van der Waals surface area contributed by atoms with Crippen LogP contribution in [0.5, 0.6) is 0 Å². The molecule has 24 heavy (non-hydrogen) atoms. The fraction of sp³-hybridized carbons (Fsp3) is 0.391. The highest BCUT2D eigenvalue weighted by Crippen LogP contribution is 2.39. The van der Waals surface area contributed by atoms with E-state index in [-0.39, 0.29) is 10.8 Å². The summed E-state index contributed by atoms with van der Waals surface area (Å²) >= 11 is 3.68. The fourth-order valence-electron chi connectivity index (χ4n) is 3.23. The van der Waals surface area contributed by atoms with Gasteiger partial charge in [0, 0.05) is 10.9 Å². The van der Waals surface area contributed by atoms with Crippen molar-refractivity contribution in [3.8, 4) is 11.1 Å². The third-order valence-electron chi connectivity index (χ3n) is 4.83. The van der Waals surface area contributed by atoms with Gasteiger partial charge >= 0.3 is 0 Å². The smallest absolute Gasteiger partial charge is 0.00470 e. The highest BCUT2D eigenvalue weighted by Gasteiger charge is 2.22. The van der Waals surface area contributed by atoms with E-state index >= 15 is 0 Å². The van der Waals surface area contributed by atoms with Crippen LogP contribution in [0.2, 0.25) is 0 Å². The molecule has 1 aliphatic carbocycles. The van der Waals surface area contributed by atoms with E-state index < -0.39 is 0 Å². The van der Waals surface area contributed by atoms with Crippen LogP contribution in [0.25, 0.3) is 17.2 Å². The zero-order valence-electron chi connectivity index (χ0n) is 15.6. The topological polar surface area (TPSA) is 0 Å². The Morgan fingerprint density at radius 2 is 1.42 bits per heavy atom. The fourth-order valence-corrected chi connectivity index (χ4v) is 3.76. The standard InChI is InChI=1S/C23H27Br/c1-22(2,3)17-10-16(11-18(13-17)23(4,5)6)20-9-7-8-15-12-19(24)14-21(15)20/h7-11,13-14H,12H2,1-6H3. The van der Waals surface area contributed by atoms with Crippen molar-refractivity contribution in [1.82, 2.24) is 0 Å². The SMILES string of the molecule is CC(C)(C)c1cc(-c2cccc3c2C=C(Br)C3)cc(C(C)(C)C)c1. The van der Waals surface area contributed by atoms with Gasteiger partial charge in [0.25, 0.3) is 0 Å². The van der Waals surface area contributed by atoms with Crippen LogP contribution in [0.15, 0.2) is 40.9 Å². The van der Waals surface area contributed by atoms with E-state index in [4.69, 9.17) is 0 Å². The van der Waals surface area contributed by atoms with Crippen molar-refractivity contribution < 1.29 is 0 Å². The Kier molecular flexibility index (Phi) is 4.28. The number of benzene rings is 2. The second-order valence-electron chi connectivity index (χ2n) is 8.95. The van der Waals surface area contributed by atoms with Gasteiger partial charge in [0.1, 0.15) is 0 Å². The molecule has 0 fully saturated rings. The van der Waals surface area contributed by atoms with E-state index in [9.17, 15) is 0 Å². The predicted octanol–water partition coefficient (Wildman–Crippen LogP) is 7.24. The summed E-state index contributed by atoms with van der Waals surface area (Å²) in [7, 11) is 0. The molecular formula is C23H27Br. The Hall–Kier alpha value is -1.34. The molecule has 2 aromatic carbocycles. The van der Waals surface area contributed by atoms with Crippen LogP contribution in [-0.4, -0.2) is 0 Å². The van der Waals surface area contributed by atoms with Crippen molar-refractivity contribution in [2.75, 3.05) is 0 Å². The number of rotatable bonds is 1. The molecule has 1 aliphatic rings. The van der Waals surface area contributed by atoms with Gasteiger partial charge in [-0.25, -0.2) is 0 Å². The number of hydrogen-bond donors (Lipinski definition) is 0. The molecule has 0 N–H and O–H groups in total. The van der Waals surface area contributed by atoms with Crippen molar-refractivity contribution >= 4 is 22.0 Å². The summed E-state index contributed by atoms with van der Waals surface area (Å²) in [6, 6.07) is 13.8. The molecule has 0 bridgehead atoms. The van der Waals surface area contributed by atoms with E-state index in [1.807, 2.05) is 0 Å². The maximum Gasteiger partial charge on any atom is 0.00470 e. The van der Waals surface area contributed by atoms with E-state index in [1.54, 1.807) is 0 Å². The summed E-state index contributed by atoms with van der Waals surface area (Å²) in [5.41, 5.74) is 8.57. The van der Waals surface area contributed by atoms with E-state index in [1.165, 1.54) is 37.9 Å². The Morgan fingerprint density at radius 1 is 0.833 bits per heavy atom. The Labute approximate surface area is 155 Å². The second kappa shape index (κ2) is 5.88. The van der Waals surface area contributed by atoms with Gasteiger partial charge in [-0.15, -0.1) is 0 Å². The van der Waals surface area contributed by atoms with Crippen molar-refractivity contribution in [3.63, 3.8) is 0 Å². The summed E-state index contributed by atoms with van der Waals surface area (Å²) in [6.45, 7) is 13.8. The Bertz CT molecular complexity index is 779. The van der Waals surface area contributed by atoms with Crippen LogP contribution in [0.4, 0.5) is 0 Å². The molecule has 0 amide bonds. The molecule has 126 valence electrons. The van der Waals surface area contributed by atoms with E-state index in [0.717, 1.165) is 6.42 Å². The quantitative estimate of drug-likeness (QED) is 0.487. The number of fused-ring (bicyclic) bond motifs is 1. The normalized spacial score (nSPS) is 14.5. The molecule has 0 saturated heterocycles. The molecule has 1 heteroatoms. The minimum Gasteiger partial charge on any atom is -0.0613 e. The van der Waals surface area contributed by atoms with Crippen molar-refractivity contribution in [2.45, 2.75) is 58.8 Å². The highest BCUT2D eigenvalue weighted by molar-refractivity contribution is 9.11. The first-order chi connectivity index (χ1) is 11.1. The van der Waals surface area contributed by atoms with Crippen LogP contribution >= 0.6 is 15.9 Å². The van der Waals surface area contributed by atoms with E-state index in [2.05, 4.69) is 99.9 Å². The monoisotopic (exact) mass is 382 g/mol. The predicted molar refractivity (Wildman–Crippen MR) is 110 cm³/mol. The van der Waals surface area contributed by atoms with Gasteiger partial charge in [-0.3, -0.25) is 0 Å². The molecule has 3 rings (SSSR count). The van der Waals surface area contributed by atoms with Crippen LogP contribution in [0.1, 0.15) is 63.8 Å². The number of allylic oxidation sites excluding steroid dienone is 1. The van der Waals surface area contributed by atoms with Crippen LogP contribution in [-0.2, 0) is 17.3 Å². The lowest BCUT2D eigenvalue weighted by Crippen LogP contribution is -2.16. The molecule has 0 saturated carbocycles. The van der Waals surface area contributed by atoms with Gasteiger partial charge < -0.3 is 0 Å². The molecule has 0 nitrogen and oxygen atoms in total. The lowest BCUT2D eigenvalue weighted by atomic mass is 9.78. The molecule has 0 atom stereocenters. The zero-order valence-corrected chi connectivity index (χ0v) is 17.2.